The second kappa shape index (κ2) is 6.42. The third-order valence-corrected chi connectivity index (χ3v) is 0.759. The number of rotatable bonds is 2. The molecule has 7 heavy (non-hydrogen) atoms. The first-order valence-electron chi connectivity index (χ1n) is 2.09. The summed E-state index contributed by atoms with van der Waals surface area (Å²) in [5, 5.41) is 0. The smallest absolute Gasteiger partial charge is 0 e. The van der Waals surface area contributed by atoms with E-state index in [4.69, 9.17) is 0 Å². The Hall–Kier alpha value is 0.423. The fraction of sp³-hybridized carbons (Fsp3) is 0.600. The molecule has 0 aromatic heterocycles. The molecule has 0 fully saturated rings. The average molecular weight is 176 g/mol. The normalized spacial score (nSPS) is 6.57. The van der Waals surface area contributed by atoms with Crippen molar-refractivity contribution in [3.8, 4) is 0 Å². The fourth-order valence-electron chi connectivity index (χ4n) is 0.0833. The molecule has 1 nitrogen and oxygen atoms in total. The molecule has 0 atom stereocenters. The molecule has 0 aliphatic carbocycles. The maximum Gasteiger partial charge on any atom is 0 e. The number of aldehydes is 1. The van der Waals surface area contributed by atoms with Crippen molar-refractivity contribution in [2.24, 2.45) is 0 Å². The van der Waals surface area contributed by atoms with Gasteiger partial charge in [-0.05, 0) is 6.29 Å². The molecule has 0 saturated heterocycles. The zero-order chi connectivity index (χ0) is 4.99. The standard InChI is InChI=1S/C5H9O.Zr/c1-3-5(2)4-6;/h4H,3H2,1-2H3;/q-1;. The van der Waals surface area contributed by atoms with Gasteiger partial charge in [0.15, 0.2) is 0 Å². The van der Waals surface area contributed by atoms with Crippen LogP contribution in [0.25, 0.3) is 0 Å². The molecule has 2 heteroatoms. The molecule has 0 bridgehead atoms. The number of hydrogen-bond donors (Lipinski definition) is 0. The molecule has 0 aromatic rings. The molecule has 0 N–H and O–H groups in total. The van der Waals surface area contributed by atoms with Gasteiger partial charge in [0.2, 0.25) is 0 Å². The summed E-state index contributed by atoms with van der Waals surface area (Å²) in [6.07, 6.45) is 1.77. The van der Waals surface area contributed by atoms with Gasteiger partial charge in [-0.2, -0.15) is 13.3 Å². The summed E-state index contributed by atoms with van der Waals surface area (Å²) in [5.74, 6) is 0.912. The Morgan fingerprint density at radius 1 is 1.71 bits per heavy atom. The van der Waals surface area contributed by atoms with Crippen LogP contribution in [0.3, 0.4) is 0 Å². The van der Waals surface area contributed by atoms with Gasteiger partial charge < -0.3 is 10.7 Å². The Labute approximate surface area is 63.6 Å². The van der Waals surface area contributed by atoms with Crippen molar-refractivity contribution >= 4 is 6.29 Å². The van der Waals surface area contributed by atoms with Gasteiger partial charge in [0, 0.05) is 26.2 Å². The minimum absolute atomic E-state index is 0. The van der Waals surface area contributed by atoms with Gasteiger partial charge in [-0.25, -0.2) is 0 Å². The first-order valence-corrected chi connectivity index (χ1v) is 2.09. The zero-order valence-corrected chi connectivity index (χ0v) is 7.15. The van der Waals surface area contributed by atoms with Crippen LogP contribution in [-0.2, 0) is 31.0 Å². The molecule has 0 spiro atoms. The Bertz CT molecular complexity index is 45.3. The van der Waals surface area contributed by atoms with Crippen LogP contribution >= 0.6 is 0 Å². The molecule has 0 rings (SSSR count). The van der Waals surface area contributed by atoms with Crippen LogP contribution in [0.1, 0.15) is 20.3 Å². The number of carbonyl (C=O) groups excluding carboxylic acids is 1. The van der Waals surface area contributed by atoms with Crippen LogP contribution in [0, 0.1) is 5.92 Å². The summed E-state index contributed by atoms with van der Waals surface area (Å²) in [5.41, 5.74) is 0. The van der Waals surface area contributed by atoms with Crippen LogP contribution in [0.5, 0.6) is 0 Å². The van der Waals surface area contributed by atoms with Crippen LogP contribution in [-0.4, -0.2) is 6.29 Å². The van der Waals surface area contributed by atoms with Gasteiger partial charge in [-0.1, -0.05) is 6.92 Å². The first-order chi connectivity index (χ1) is 2.81. The van der Waals surface area contributed by atoms with E-state index >= 15 is 0 Å². The van der Waals surface area contributed by atoms with E-state index in [9.17, 15) is 4.79 Å². The SMILES string of the molecule is CC[C-](C)C=O.[Zr]. The van der Waals surface area contributed by atoms with E-state index in [0.29, 0.717) is 0 Å². The molecule has 0 saturated carbocycles. The quantitative estimate of drug-likeness (QED) is 0.456. The predicted molar refractivity (Wildman–Crippen MR) is 25.3 cm³/mol. The monoisotopic (exact) mass is 175 g/mol. The van der Waals surface area contributed by atoms with Gasteiger partial charge in [0.05, 0.1) is 0 Å². The molecule has 0 aliphatic heterocycles. The van der Waals surface area contributed by atoms with Gasteiger partial charge in [-0.15, -0.1) is 0 Å². The van der Waals surface area contributed by atoms with E-state index in [-0.39, 0.29) is 26.2 Å². The van der Waals surface area contributed by atoms with Crippen molar-refractivity contribution in [2.45, 2.75) is 20.3 Å². The van der Waals surface area contributed by atoms with Crippen molar-refractivity contribution in [1.29, 1.82) is 0 Å². The van der Waals surface area contributed by atoms with Crippen LogP contribution in [0.2, 0.25) is 0 Å². The predicted octanol–water partition coefficient (Wildman–Crippen LogP) is 1.19. The second-order valence-electron chi connectivity index (χ2n) is 1.32. The van der Waals surface area contributed by atoms with Gasteiger partial charge >= 0.3 is 0 Å². The molecule has 0 amide bonds. The van der Waals surface area contributed by atoms with E-state index in [2.05, 4.69) is 0 Å². The van der Waals surface area contributed by atoms with Crippen molar-refractivity contribution in [1.82, 2.24) is 0 Å². The van der Waals surface area contributed by atoms with Gasteiger partial charge in [0.1, 0.15) is 0 Å². The summed E-state index contributed by atoms with van der Waals surface area (Å²) in [7, 11) is 0. The van der Waals surface area contributed by atoms with E-state index in [1.807, 2.05) is 13.8 Å². The van der Waals surface area contributed by atoms with E-state index in [1.165, 1.54) is 0 Å². The molecule has 0 radical (unpaired) electrons. The topological polar surface area (TPSA) is 17.1 Å². The average Bonchev–Trinajstić information content (AvgIpc) is 1.65. The van der Waals surface area contributed by atoms with Crippen molar-refractivity contribution < 1.29 is 31.0 Å². The summed E-state index contributed by atoms with van der Waals surface area (Å²) < 4.78 is 0. The van der Waals surface area contributed by atoms with Crippen LogP contribution < -0.4 is 0 Å². The molecule has 40 valence electrons. The first kappa shape index (κ1) is 10.4. The minimum Gasteiger partial charge on any atom is -0.338 e. The maximum absolute atomic E-state index is 9.70. The minimum atomic E-state index is 0. The molecular weight excluding hydrogens is 167 g/mol. The van der Waals surface area contributed by atoms with Crippen molar-refractivity contribution in [3.05, 3.63) is 5.92 Å². The molecule has 0 heterocycles. The summed E-state index contributed by atoms with van der Waals surface area (Å²) in [4.78, 5) is 9.70. The molecule has 0 aromatic carbocycles. The summed E-state index contributed by atoms with van der Waals surface area (Å²) in [6, 6.07) is 0. The van der Waals surface area contributed by atoms with Gasteiger partial charge in [-0.3, -0.25) is 0 Å². The second-order valence-corrected chi connectivity index (χ2v) is 1.32. The fourth-order valence-corrected chi connectivity index (χ4v) is 0.0833. The maximum atomic E-state index is 9.70. The molecule has 0 unspecified atom stereocenters. The van der Waals surface area contributed by atoms with E-state index in [0.717, 1.165) is 18.6 Å². The van der Waals surface area contributed by atoms with E-state index < -0.39 is 0 Å². The third kappa shape index (κ3) is 6.42. The molecular formula is C5H9OZr-. The summed E-state index contributed by atoms with van der Waals surface area (Å²) in [6.45, 7) is 3.79. The molecule has 0 aliphatic rings. The Morgan fingerprint density at radius 2 is 2.14 bits per heavy atom. The summed E-state index contributed by atoms with van der Waals surface area (Å²) >= 11 is 0. The third-order valence-electron chi connectivity index (χ3n) is 0.759. The Morgan fingerprint density at radius 3 is 2.14 bits per heavy atom. The number of carbonyl (C=O) groups is 1. The van der Waals surface area contributed by atoms with Crippen molar-refractivity contribution in [3.63, 3.8) is 0 Å². The Balaban J connectivity index is 0. The zero-order valence-electron chi connectivity index (χ0n) is 4.69. The van der Waals surface area contributed by atoms with E-state index in [1.54, 1.807) is 0 Å². The van der Waals surface area contributed by atoms with Crippen molar-refractivity contribution in [2.75, 3.05) is 0 Å². The number of hydrogen-bond acceptors (Lipinski definition) is 1. The largest absolute Gasteiger partial charge is 0.338 e. The van der Waals surface area contributed by atoms with Gasteiger partial charge in [0.25, 0.3) is 0 Å². The Kier molecular flexibility index (Phi) is 9.55. The van der Waals surface area contributed by atoms with Crippen LogP contribution in [0.4, 0.5) is 0 Å². The van der Waals surface area contributed by atoms with Crippen LogP contribution in [0.15, 0.2) is 0 Å².